The summed E-state index contributed by atoms with van der Waals surface area (Å²) in [6.07, 6.45) is 4.52. The number of hydrogen-bond acceptors (Lipinski definition) is 7. The first kappa shape index (κ1) is 28.4. The van der Waals surface area contributed by atoms with Crippen molar-refractivity contribution in [3.63, 3.8) is 0 Å². The van der Waals surface area contributed by atoms with Gasteiger partial charge < -0.3 is 19.6 Å². The molecule has 3 aliphatic heterocycles. The van der Waals surface area contributed by atoms with Crippen molar-refractivity contribution in [1.29, 1.82) is 0 Å². The van der Waals surface area contributed by atoms with Gasteiger partial charge in [0.05, 0.1) is 12.7 Å². The van der Waals surface area contributed by atoms with Crippen LogP contribution in [0.1, 0.15) is 24.8 Å². The fourth-order valence-electron chi connectivity index (χ4n) is 5.87. The Kier molecular flexibility index (Phi) is 8.26. The van der Waals surface area contributed by atoms with Crippen LogP contribution >= 0.6 is 11.6 Å². The maximum absolute atomic E-state index is 14.6. The van der Waals surface area contributed by atoms with Crippen molar-refractivity contribution < 1.29 is 14.0 Å². The monoisotopic (exact) mass is 591 g/mol. The molecule has 1 aromatic heterocycles. The number of hydrogen-bond donors (Lipinski definition) is 0. The van der Waals surface area contributed by atoms with Crippen molar-refractivity contribution in [1.82, 2.24) is 19.8 Å². The number of likely N-dealkylation sites (tertiary alicyclic amines) is 1. The van der Waals surface area contributed by atoms with Crippen LogP contribution in [0, 0.1) is 5.82 Å². The average molecular weight is 592 g/mol. The molecule has 0 saturated carbocycles. The minimum absolute atomic E-state index is 0.0827. The molecule has 0 aliphatic carbocycles. The zero-order valence-electron chi connectivity index (χ0n) is 23.8. The van der Waals surface area contributed by atoms with E-state index in [1.807, 2.05) is 17.0 Å². The number of aromatic nitrogens is 2. The molecular formula is C31H35ClFN7O2. The number of piperazine rings is 1. The highest BCUT2D eigenvalue weighted by Gasteiger charge is 2.30. The molecule has 11 heteroatoms. The van der Waals surface area contributed by atoms with Gasteiger partial charge in [0.25, 0.3) is 0 Å². The van der Waals surface area contributed by atoms with E-state index in [2.05, 4.69) is 26.9 Å². The molecule has 2 aromatic carbocycles. The predicted molar refractivity (Wildman–Crippen MR) is 162 cm³/mol. The smallest absolute Gasteiger partial charge is 0.246 e. The third-order valence-corrected chi connectivity index (χ3v) is 8.69. The summed E-state index contributed by atoms with van der Waals surface area (Å²) in [5, 5.41) is 0.324. The normalized spacial score (nSPS) is 17.6. The van der Waals surface area contributed by atoms with Crippen LogP contribution in [0.3, 0.4) is 0 Å². The SMILES string of the molecule is CN1C(=O)CN(Cc2ccc(Cl)cc2F)c2nc(-c3ccc(N4CCN(CCC(=O)N5CCCC5)CC4)cc3)ncc21. The van der Waals surface area contributed by atoms with Crippen LogP contribution in [0.25, 0.3) is 11.4 Å². The number of likely N-dealkylation sites (N-methyl/N-ethyl adjacent to an activating group) is 1. The fourth-order valence-corrected chi connectivity index (χ4v) is 6.03. The zero-order valence-corrected chi connectivity index (χ0v) is 24.6. The molecule has 42 heavy (non-hydrogen) atoms. The molecule has 3 aromatic rings. The molecule has 6 rings (SSSR count). The highest BCUT2D eigenvalue weighted by atomic mass is 35.5. The Balaban J connectivity index is 1.11. The number of fused-ring (bicyclic) bond motifs is 1. The van der Waals surface area contributed by atoms with Gasteiger partial charge in [-0.3, -0.25) is 14.5 Å². The number of rotatable bonds is 7. The van der Waals surface area contributed by atoms with Crippen LogP contribution in [-0.4, -0.2) is 91.0 Å². The first-order chi connectivity index (χ1) is 20.4. The molecule has 2 saturated heterocycles. The number of amides is 2. The molecule has 220 valence electrons. The third kappa shape index (κ3) is 6.05. The van der Waals surface area contributed by atoms with Crippen molar-refractivity contribution in [3.05, 3.63) is 65.1 Å². The fraction of sp³-hybridized carbons (Fsp3) is 0.419. The maximum Gasteiger partial charge on any atom is 0.246 e. The van der Waals surface area contributed by atoms with Crippen LogP contribution in [0.4, 0.5) is 21.6 Å². The molecule has 9 nitrogen and oxygen atoms in total. The third-order valence-electron chi connectivity index (χ3n) is 8.45. The summed E-state index contributed by atoms with van der Waals surface area (Å²) in [6, 6.07) is 12.7. The molecule has 0 atom stereocenters. The molecule has 0 bridgehead atoms. The number of halogens is 2. The molecule has 2 amide bonds. The van der Waals surface area contributed by atoms with E-state index in [0.29, 0.717) is 34.3 Å². The first-order valence-electron chi connectivity index (χ1n) is 14.5. The maximum atomic E-state index is 14.6. The van der Waals surface area contributed by atoms with E-state index in [9.17, 15) is 14.0 Å². The van der Waals surface area contributed by atoms with E-state index in [0.717, 1.165) is 69.9 Å². The van der Waals surface area contributed by atoms with Crippen LogP contribution < -0.4 is 14.7 Å². The van der Waals surface area contributed by atoms with Gasteiger partial charge in [-0.05, 0) is 49.2 Å². The Morgan fingerprint density at radius 3 is 2.45 bits per heavy atom. The topological polar surface area (TPSA) is 76.1 Å². The highest BCUT2D eigenvalue weighted by molar-refractivity contribution is 6.30. The van der Waals surface area contributed by atoms with Crippen molar-refractivity contribution in [2.75, 3.05) is 74.1 Å². The molecule has 0 spiro atoms. The summed E-state index contributed by atoms with van der Waals surface area (Å²) in [7, 11) is 1.70. The van der Waals surface area contributed by atoms with Crippen molar-refractivity contribution in [3.8, 4) is 11.4 Å². The lowest BCUT2D eigenvalue weighted by Crippen LogP contribution is -2.47. The number of anilines is 3. The van der Waals surface area contributed by atoms with Crippen molar-refractivity contribution >= 4 is 40.6 Å². The first-order valence-corrected chi connectivity index (χ1v) is 14.9. The Morgan fingerprint density at radius 2 is 1.74 bits per heavy atom. The quantitative estimate of drug-likeness (QED) is 0.410. The number of benzene rings is 2. The van der Waals surface area contributed by atoms with Crippen LogP contribution in [0.5, 0.6) is 0 Å². The molecule has 4 heterocycles. The van der Waals surface area contributed by atoms with E-state index >= 15 is 0 Å². The molecule has 3 aliphatic rings. The number of carbonyl (C=O) groups excluding carboxylic acids is 2. The van der Waals surface area contributed by atoms with Gasteiger partial charge in [-0.1, -0.05) is 17.7 Å². The summed E-state index contributed by atoms with van der Waals surface area (Å²) in [6.45, 7) is 6.59. The predicted octanol–water partition coefficient (Wildman–Crippen LogP) is 4.05. The second-order valence-electron chi connectivity index (χ2n) is 11.2. The lowest BCUT2D eigenvalue weighted by Gasteiger charge is -2.36. The summed E-state index contributed by atoms with van der Waals surface area (Å²) in [4.78, 5) is 44.5. The summed E-state index contributed by atoms with van der Waals surface area (Å²) >= 11 is 5.93. The van der Waals surface area contributed by atoms with E-state index in [4.69, 9.17) is 16.6 Å². The lowest BCUT2D eigenvalue weighted by atomic mass is 10.1. The lowest BCUT2D eigenvalue weighted by molar-refractivity contribution is -0.130. The Morgan fingerprint density at radius 1 is 1.00 bits per heavy atom. The number of nitrogens with zero attached hydrogens (tertiary/aromatic N) is 7. The average Bonchev–Trinajstić information content (AvgIpc) is 3.55. The zero-order chi connectivity index (χ0) is 29.2. The van der Waals surface area contributed by atoms with Gasteiger partial charge in [-0.15, -0.1) is 0 Å². The molecule has 2 fully saturated rings. The van der Waals surface area contributed by atoms with Crippen molar-refractivity contribution in [2.24, 2.45) is 0 Å². The summed E-state index contributed by atoms with van der Waals surface area (Å²) in [5.74, 6) is 0.873. The summed E-state index contributed by atoms with van der Waals surface area (Å²) < 4.78 is 14.6. The van der Waals surface area contributed by atoms with Gasteiger partial charge in [0.15, 0.2) is 11.6 Å². The Bertz CT molecular complexity index is 1460. The van der Waals surface area contributed by atoms with Gasteiger partial charge in [0, 0.05) is 87.7 Å². The van der Waals surface area contributed by atoms with Crippen LogP contribution in [-0.2, 0) is 16.1 Å². The minimum Gasteiger partial charge on any atom is -0.369 e. The van der Waals surface area contributed by atoms with E-state index in [-0.39, 0.29) is 24.9 Å². The summed E-state index contributed by atoms with van der Waals surface area (Å²) in [5.41, 5.74) is 3.01. The van der Waals surface area contributed by atoms with E-state index in [1.165, 1.54) is 6.07 Å². The van der Waals surface area contributed by atoms with Gasteiger partial charge in [0.2, 0.25) is 11.8 Å². The van der Waals surface area contributed by atoms with Crippen LogP contribution in [0.15, 0.2) is 48.7 Å². The molecule has 0 radical (unpaired) electrons. The van der Waals surface area contributed by atoms with E-state index in [1.54, 1.807) is 35.2 Å². The van der Waals surface area contributed by atoms with Gasteiger partial charge in [-0.25, -0.2) is 14.4 Å². The van der Waals surface area contributed by atoms with Gasteiger partial charge in [-0.2, -0.15) is 0 Å². The standard InChI is InChI=1S/C31H35ClFN7O2/c1-36-27-19-34-30(35-31(27)40(21-29(36)42)20-23-4-7-24(32)18-26(23)33)22-5-8-25(9-6-22)38-16-14-37(15-17-38)13-10-28(41)39-11-2-3-12-39/h4-9,18-19H,2-3,10-17,20-21H2,1H3. The minimum atomic E-state index is -0.420. The van der Waals surface area contributed by atoms with E-state index < -0.39 is 5.82 Å². The van der Waals surface area contributed by atoms with Crippen molar-refractivity contribution in [2.45, 2.75) is 25.8 Å². The highest BCUT2D eigenvalue weighted by Crippen LogP contribution is 2.34. The molecular weight excluding hydrogens is 557 g/mol. The second kappa shape index (κ2) is 12.2. The molecule has 0 N–H and O–H groups in total. The van der Waals surface area contributed by atoms with Crippen LogP contribution in [0.2, 0.25) is 5.02 Å². The molecule has 0 unspecified atom stereocenters. The Hall–Kier alpha value is -3.76. The Labute approximate surface area is 250 Å². The second-order valence-corrected chi connectivity index (χ2v) is 11.6. The van der Waals surface area contributed by atoms with Gasteiger partial charge >= 0.3 is 0 Å². The van der Waals surface area contributed by atoms with Gasteiger partial charge in [0.1, 0.15) is 11.5 Å². The number of carbonyl (C=O) groups is 2. The largest absolute Gasteiger partial charge is 0.369 e.